The van der Waals surface area contributed by atoms with Crippen LogP contribution in [-0.2, 0) is 4.74 Å². The van der Waals surface area contributed by atoms with Crippen molar-refractivity contribution in [3.8, 4) is 11.3 Å². The molecule has 7 heteroatoms. The highest BCUT2D eigenvalue weighted by molar-refractivity contribution is 14.1. The number of nitrogens with one attached hydrogen (secondary N) is 1. The number of ether oxygens (including phenoxy) is 1. The highest BCUT2D eigenvalue weighted by atomic mass is 127. The lowest BCUT2D eigenvalue weighted by Gasteiger charge is -2.26. The minimum atomic E-state index is -0.109. The van der Waals surface area contributed by atoms with Crippen LogP contribution < -0.4 is 10.2 Å². The van der Waals surface area contributed by atoms with Gasteiger partial charge in [0, 0.05) is 38.9 Å². The fourth-order valence-corrected chi connectivity index (χ4v) is 4.07. The Morgan fingerprint density at radius 2 is 1.78 bits per heavy atom. The predicted molar refractivity (Wildman–Crippen MR) is 118 cm³/mol. The summed E-state index contributed by atoms with van der Waals surface area (Å²) in [5.41, 5.74) is 3.41. The number of carbonyl (C=O) groups excluding carboxylic acids is 1. The number of halogens is 1. The summed E-state index contributed by atoms with van der Waals surface area (Å²) in [5, 5.41) is 6.04. The van der Waals surface area contributed by atoms with E-state index in [2.05, 4.69) is 38.2 Å². The lowest BCUT2D eigenvalue weighted by Crippen LogP contribution is -2.36. The first kappa shape index (κ1) is 18.4. The van der Waals surface area contributed by atoms with Gasteiger partial charge in [-0.2, -0.15) is 0 Å². The van der Waals surface area contributed by atoms with Gasteiger partial charge in [0.25, 0.3) is 5.91 Å². The maximum absolute atomic E-state index is 12.3. The van der Waals surface area contributed by atoms with Gasteiger partial charge in [-0.3, -0.25) is 4.79 Å². The highest BCUT2D eigenvalue weighted by Gasteiger charge is 2.15. The van der Waals surface area contributed by atoms with Crippen LogP contribution in [0.1, 0.15) is 10.4 Å². The van der Waals surface area contributed by atoms with Gasteiger partial charge < -0.3 is 15.0 Å². The lowest BCUT2D eigenvalue weighted by atomic mass is 10.1. The first-order chi connectivity index (χ1) is 13.2. The third-order valence-corrected chi connectivity index (χ3v) is 5.94. The molecule has 0 unspecified atom stereocenters. The van der Waals surface area contributed by atoms with Gasteiger partial charge in [0.1, 0.15) is 0 Å². The summed E-state index contributed by atoms with van der Waals surface area (Å²) in [5.74, 6) is -0.109. The fraction of sp³-hybridized carbons (Fsp3) is 0.200. The van der Waals surface area contributed by atoms with Crippen molar-refractivity contribution in [2.45, 2.75) is 0 Å². The summed E-state index contributed by atoms with van der Waals surface area (Å²) < 4.78 is 6.50. The molecular weight excluding hydrogens is 473 g/mol. The van der Waals surface area contributed by atoms with E-state index in [9.17, 15) is 4.79 Å². The second kappa shape index (κ2) is 8.37. The number of carbonyl (C=O) groups is 1. The molecule has 0 radical (unpaired) electrons. The molecule has 1 amide bonds. The van der Waals surface area contributed by atoms with Crippen LogP contribution in [0.25, 0.3) is 11.3 Å². The van der Waals surface area contributed by atoms with Gasteiger partial charge in [0.05, 0.1) is 18.9 Å². The molecule has 2 aromatic carbocycles. The van der Waals surface area contributed by atoms with Gasteiger partial charge in [-0.15, -0.1) is 11.3 Å². The molecular formula is C20H18IN3O2S. The fourth-order valence-electron chi connectivity index (χ4n) is 2.83. The lowest BCUT2D eigenvalue weighted by molar-refractivity contribution is 0.102. The van der Waals surface area contributed by atoms with Crippen molar-refractivity contribution in [1.82, 2.24) is 4.98 Å². The number of amides is 1. The predicted octanol–water partition coefficient (Wildman–Crippen LogP) is 4.50. The maximum Gasteiger partial charge on any atom is 0.255 e. The zero-order valence-electron chi connectivity index (χ0n) is 14.5. The Morgan fingerprint density at radius 3 is 2.48 bits per heavy atom. The van der Waals surface area contributed by atoms with Crippen LogP contribution in [0.4, 0.5) is 10.8 Å². The molecule has 1 saturated heterocycles. The molecule has 0 saturated carbocycles. The van der Waals surface area contributed by atoms with Crippen LogP contribution in [0, 0.1) is 3.57 Å². The number of benzene rings is 2. The van der Waals surface area contributed by atoms with E-state index in [1.807, 2.05) is 48.5 Å². The van der Waals surface area contributed by atoms with E-state index in [-0.39, 0.29) is 5.91 Å². The van der Waals surface area contributed by atoms with Crippen molar-refractivity contribution in [2.75, 3.05) is 36.5 Å². The van der Waals surface area contributed by atoms with Crippen LogP contribution in [0.15, 0.2) is 53.9 Å². The normalized spacial score (nSPS) is 14.2. The van der Waals surface area contributed by atoms with E-state index >= 15 is 0 Å². The first-order valence-electron chi connectivity index (χ1n) is 8.64. The van der Waals surface area contributed by atoms with Crippen molar-refractivity contribution in [1.29, 1.82) is 0 Å². The smallest absolute Gasteiger partial charge is 0.255 e. The Bertz CT molecular complexity index is 919. The summed E-state index contributed by atoms with van der Waals surface area (Å²) in [6.45, 7) is 3.28. The molecule has 4 rings (SSSR count). The van der Waals surface area contributed by atoms with Gasteiger partial charge in [0.2, 0.25) is 0 Å². The van der Waals surface area contributed by atoms with Gasteiger partial charge in [0.15, 0.2) is 5.13 Å². The van der Waals surface area contributed by atoms with Crippen molar-refractivity contribution >= 4 is 50.7 Å². The van der Waals surface area contributed by atoms with E-state index < -0.39 is 0 Å². The molecule has 1 aliphatic rings. The number of morpholine rings is 1. The monoisotopic (exact) mass is 491 g/mol. The molecule has 0 bridgehead atoms. The summed E-state index contributed by atoms with van der Waals surface area (Å²) in [7, 11) is 0. The molecule has 0 atom stereocenters. The molecule has 5 nitrogen and oxygen atoms in total. The Morgan fingerprint density at radius 1 is 1.07 bits per heavy atom. The third kappa shape index (κ3) is 4.48. The molecule has 3 aromatic rings. The Labute approximate surface area is 175 Å². The Hall–Kier alpha value is -1.97. The minimum absolute atomic E-state index is 0.109. The zero-order valence-corrected chi connectivity index (χ0v) is 17.5. The van der Waals surface area contributed by atoms with Crippen molar-refractivity contribution in [3.05, 3.63) is 63.0 Å². The summed E-state index contributed by atoms with van der Waals surface area (Å²) >= 11 is 3.88. The van der Waals surface area contributed by atoms with Crippen molar-refractivity contribution in [2.24, 2.45) is 0 Å². The van der Waals surface area contributed by atoms with Crippen LogP contribution in [-0.4, -0.2) is 37.2 Å². The van der Waals surface area contributed by atoms with Crippen molar-refractivity contribution < 1.29 is 9.53 Å². The average Bonchev–Trinajstić information content (AvgIpc) is 3.20. The second-order valence-electron chi connectivity index (χ2n) is 6.15. The Balaban J connectivity index is 1.43. The first-order valence-corrected chi connectivity index (χ1v) is 10.6. The third-order valence-electron chi connectivity index (χ3n) is 4.32. The number of nitrogens with zero attached hydrogens (tertiary/aromatic N) is 2. The second-order valence-corrected chi connectivity index (χ2v) is 8.24. The number of hydrogen-bond acceptors (Lipinski definition) is 5. The number of rotatable bonds is 4. The largest absolute Gasteiger partial charge is 0.378 e. The quantitative estimate of drug-likeness (QED) is 0.547. The molecule has 27 heavy (non-hydrogen) atoms. The van der Waals surface area contributed by atoms with E-state index in [1.54, 1.807) is 11.3 Å². The van der Waals surface area contributed by atoms with Crippen LogP contribution >= 0.6 is 33.9 Å². The summed E-state index contributed by atoms with van der Waals surface area (Å²) in [4.78, 5) is 19.3. The van der Waals surface area contributed by atoms with Crippen molar-refractivity contribution in [3.63, 3.8) is 0 Å². The van der Waals surface area contributed by atoms with Gasteiger partial charge >= 0.3 is 0 Å². The summed E-state index contributed by atoms with van der Waals surface area (Å²) in [6.07, 6.45) is 0. The Kier molecular flexibility index (Phi) is 5.70. The minimum Gasteiger partial charge on any atom is -0.378 e. The molecule has 0 aliphatic carbocycles. The number of thiazole rings is 1. The number of hydrogen-bond donors (Lipinski definition) is 1. The summed E-state index contributed by atoms with van der Waals surface area (Å²) in [6, 6.07) is 15.3. The van der Waals surface area contributed by atoms with Gasteiger partial charge in [-0.25, -0.2) is 4.98 Å². The van der Waals surface area contributed by atoms with Crippen LogP contribution in [0.5, 0.6) is 0 Å². The maximum atomic E-state index is 12.3. The van der Waals surface area contributed by atoms with Gasteiger partial charge in [-0.05, 0) is 59.0 Å². The van der Waals surface area contributed by atoms with E-state index in [0.717, 1.165) is 51.9 Å². The molecule has 1 aliphatic heterocycles. The van der Waals surface area contributed by atoms with Crippen LogP contribution in [0.2, 0.25) is 0 Å². The molecule has 1 aromatic heterocycles. The topological polar surface area (TPSA) is 54.5 Å². The standard InChI is InChI=1S/C20H18IN3O2S/c21-16-5-1-15(2-6-16)19(25)22-17-7-3-14(4-8-17)18-13-27-20(23-18)24-9-11-26-12-10-24/h1-8,13H,9-12H2,(H,22,25). The number of anilines is 2. The molecule has 1 fully saturated rings. The highest BCUT2D eigenvalue weighted by Crippen LogP contribution is 2.28. The zero-order chi connectivity index (χ0) is 18.6. The van der Waals surface area contributed by atoms with E-state index in [1.165, 1.54) is 0 Å². The molecule has 2 heterocycles. The van der Waals surface area contributed by atoms with E-state index in [0.29, 0.717) is 5.56 Å². The molecule has 1 N–H and O–H groups in total. The molecule has 0 spiro atoms. The average molecular weight is 491 g/mol. The van der Waals surface area contributed by atoms with Crippen LogP contribution in [0.3, 0.4) is 0 Å². The van der Waals surface area contributed by atoms with E-state index in [4.69, 9.17) is 9.72 Å². The van der Waals surface area contributed by atoms with Gasteiger partial charge in [-0.1, -0.05) is 12.1 Å². The molecule has 138 valence electrons. The SMILES string of the molecule is O=C(Nc1ccc(-c2csc(N3CCOCC3)n2)cc1)c1ccc(I)cc1. The number of aromatic nitrogens is 1.